The largest absolute Gasteiger partial charge is 0.416 e. The van der Waals surface area contributed by atoms with Crippen LogP contribution in [0, 0.1) is 6.92 Å². The number of imidazole rings is 1. The molecule has 1 atom stereocenters. The summed E-state index contributed by atoms with van der Waals surface area (Å²) in [5.74, 6) is 0. The van der Waals surface area contributed by atoms with Crippen LogP contribution in [0.4, 0.5) is 18.0 Å². The monoisotopic (exact) mass is 575 g/mol. The van der Waals surface area contributed by atoms with Crippen LogP contribution >= 0.6 is 0 Å². The van der Waals surface area contributed by atoms with Crippen molar-refractivity contribution in [2.75, 3.05) is 20.1 Å². The number of halogens is 3. The molecule has 1 unspecified atom stereocenters. The molecule has 2 heterocycles. The molecule has 42 heavy (non-hydrogen) atoms. The molecule has 2 amide bonds. The molecule has 0 bridgehead atoms. The van der Waals surface area contributed by atoms with Gasteiger partial charge in [-0.3, -0.25) is 4.90 Å². The molecule has 3 aromatic carbocycles. The molecular weight excluding hydrogens is 539 g/mol. The van der Waals surface area contributed by atoms with Gasteiger partial charge in [0.15, 0.2) is 0 Å². The van der Waals surface area contributed by atoms with Gasteiger partial charge in [0.1, 0.15) is 0 Å². The number of urea groups is 1. The van der Waals surface area contributed by atoms with Crippen molar-refractivity contribution in [3.63, 3.8) is 0 Å². The van der Waals surface area contributed by atoms with E-state index < -0.39 is 17.8 Å². The van der Waals surface area contributed by atoms with E-state index in [1.807, 2.05) is 72.6 Å². The molecule has 0 radical (unpaired) electrons. The molecule has 9 heteroatoms. The van der Waals surface area contributed by atoms with E-state index in [9.17, 15) is 18.0 Å². The van der Waals surface area contributed by atoms with Gasteiger partial charge in [-0.15, -0.1) is 0 Å². The fourth-order valence-electron chi connectivity index (χ4n) is 5.85. The molecule has 6 nitrogen and oxygen atoms in total. The number of carbonyl (C=O) groups is 1. The van der Waals surface area contributed by atoms with Gasteiger partial charge in [0.05, 0.1) is 23.6 Å². The number of aromatic nitrogens is 2. The van der Waals surface area contributed by atoms with Crippen LogP contribution in [0.1, 0.15) is 52.4 Å². The molecule has 1 N–H and O–H groups in total. The fraction of sp³-hybridized carbons (Fsp3) is 0.333. The van der Waals surface area contributed by atoms with Crippen LogP contribution in [0.3, 0.4) is 0 Å². The topological polar surface area (TPSA) is 55.5 Å². The summed E-state index contributed by atoms with van der Waals surface area (Å²) in [6, 6.07) is 24.0. The number of rotatable bonds is 8. The van der Waals surface area contributed by atoms with Crippen LogP contribution < -0.4 is 0 Å². The molecule has 1 saturated heterocycles. The summed E-state index contributed by atoms with van der Waals surface area (Å²) in [5.41, 5.74) is 2.99. The fourth-order valence-corrected chi connectivity index (χ4v) is 5.85. The van der Waals surface area contributed by atoms with Gasteiger partial charge in [0, 0.05) is 45.5 Å². The summed E-state index contributed by atoms with van der Waals surface area (Å²) in [7, 11) is 1.83. The number of hydrogen-bond acceptors (Lipinski definition) is 3. The Kier molecular flexibility index (Phi) is 8.97. The van der Waals surface area contributed by atoms with Crippen molar-refractivity contribution >= 4 is 6.03 Å². The van der Waals surface area contributed by atoms with Crippen molar-refractivity contribution in [2.45, 2.75) is 51.1 Å². The van der Waals surface area contributed by atoms with E-state index in [1.165, 1.54) is 19.1 Å². The second-order valence-corrected chi connectivity index (χ2v) is 11.0. The lowest BCUT2D eigenvalue weighted by Gasteiger charge is -2.42. The average molecular weight is 576 g/mol. The van der Waals surface area contributed by atoms with Crippen LogP contribution in [-0.2, 0) is 19.3 Å². The molecule has 5 rings (SSSR count). The number of H-pyrrole nitrogens is 1. The Labute approximate surface area is 244 Å². The number of nitrogens with zero attached hydrogens (tertiary/aromatic N) is 4. The zero-order chi connectivity index (χ0) is 29.7. The van der Waals surface area contributed by atoms with E-state index in [0.29, 0.717) is 44.6 Å². The number of piperidine rings is 1. The summed E-state index contributed by atoms with van der Waals surface area (Å²) in [6.07, 6.45) is 0.181. The first-order chi connectivity index (χ1) is 20.2. The minimum Gasteiger partial charge on any atom is -0.347 e. The van der Waals surface area contributed by atoms with Gasteiger partial charge in [-0.25, -0.2) is 9.78 Å². The molecule has 1 aromatic heterocycles. The molecule has 0 saturated carbocycles. The Hall–Kier alpha value is -4.11. The number of aryl methyl sites for hydroxylation is 1. The minimum absolute atomic E-state index is 0.0154. The van der Waals surface area contributed by atoms with Crippen molar-refractivity contribution in [2.24, 2.45) is 0 Å². The SMILES string of the molecule is Cc1ccc(C(c2cnc[nH]2)N2CCC(N(Cc3ccccc3)C(=O)N(C)Cc3ccccc3)CC2)cc1C(F)(F)F. The average Bonchev–Trinajstić information content (AvgIpc) is 3.52. The van der Waals surface area contributed by atoms with E-state index in [-0.39, 0.29) is 17.6 Å². The van der Waals surface area contributed by atoms with Gasteiger partial charge < -0.3 is 14.8 Å². The van der Waals surface area contributed by atoms with Crippen LogP contribution in [0.2, 0.25) is 0 Å². The van der Waals surface area contributed by atoms with Crippen molar-refractivity contribution < 1.29 is 18.0 Å². The standard InChI is InChI=1S/C33H36F3N5O/c1-24-13-14-27(19-29(24)33(34,35)36)31(30-20-37-23-38-30)40-17-15-28(16-18-40)41(22-26-11-7-4-8-12-26)32(42)39(2)21-25-9-5-3-6-10-25/h3-14,19-20,23,28,31H,15-18,21-22H2,1-2H3,(H,37,38). The predicted octanol–water partition coefficient (Wildman–Crippen LogP) is 7.04. The maximum atomic E-state index is 13.9. The van der Waals surface area contributed by atoms with Gasteiger partial charge in [-0.1, -0.05) is 72.8 Å². The van der Waals surface area contributed by atoms with Crippen LogP contribution in [0.5, 0.6) is 0 Å². The molecular formula is C33H36F3N5O. The Morgan fingerprint density at radius 2 is 1.60 bits per heavy atom. The van der Waals surface area contributed by atoms with Gasteiger partial charge >= 0.3 is 12.2 Å². The second-order valence-electron chi connectivity index (χ2n) is 11.0. The third-order valence-electron chi connectivity index (χ3n) is 8.03. The third-order valence-corrected chi connectivity index (χ3v) is 8.03. The van der Waals surface area contributed by atoms with E-state index in [1.54, 1.807) is 23.5 Å². The van der Waals surface area contributed by atoms with E-state index in [4.69, 9.17) is 0 Å². The highest BCUT2D eigenvalue weighted by molar-refractivity contribution is 5.74. The highest BCUT2D eigenvalue weighted by atomic mass is 19.4. The second kappa shape index (κ2) is 12.8. The van der Waals surface area contributed by atoms with Crippen molar-refractivity contribution in [3.05, 3.63) is 125 Å². The molecule has 220 valence electrons. The predicted molar refractivity (Wildman–Crippen MR) is 156 cm³/mol. The number of likely N-dealkylation sites (tertiary alicyclic amines) is 1. The van der Waals surface area contributed by atoms with Crippen molar-refractivity contribution in [1.29, 1.82) is 0 Å². The Bertz CT molecular complexity index is 1440. The molecule has 0 spiro atoms. The molecule has 0 aliphatic carbocycles. The highest BCUT2D eigenvalue weighted by Gasteiger charge is 2.36. The number of benzene rings is 3. The lowest BCUT2D eigenvalue weighted by molar-refractivity contribution is -0.138. The number of amides is 2. The first kappa shape index (κ1) is 29.4. The maximum Gasteiger partial charge on any atom is 0.416 e. The van der Waals surface area contributed by atoms with E-state index in [0.717, 1.165) is 16.8 Å². The maximum absolute atomic E-state index is 13.9. The minimum atomic E-state index is -4.43. The van der Waals surface area contributed by atoms with Crippen LogP contribution in [-0.4, -0.2) is 56.9 Å². The molecule has 4 aromatic rings. The number of hydrogen-bond donors (Lipinski definition) is 1. The number of aromatic amines is 1. The quantitative estimate of drug-likeness (QED) is 0.245. The zero-order valence-corrected chi connectivity index (χ0v) is 23.9. The normalized spacial score (nSPS) is 15.4. The van der Waals surface area contributed by atoms with E-state index in [2.05, 4.69) is 14.9 Å². The van der Waals surface area contributed by atoms with Gasteiger partial charge in [-0.2, -0.15) is 13.2 Å². The Balaban J connectivity index is 1.37. The lowest BCUT2D eigenvalue weighted by Crippen LogP contribution is -2.51. The smallest absolute Gasteiger partial charge is 0.347 e. The molecule has 1 aliphatic heterocycles. The summed E-state index contributed by atoms with van der Waals surface area (Å²) < 4.78 is 41.4. The number of nitrogens with one attached hydrogen (secondary N) is 1. The summed E-state index contributed by atoms with van der Waals surface area (Å²) in [6.45, 7) is 3.70. The summed E-state index contributed by atoms with van der Waals surface area (Å²) >= 11 is 0. The summed E-state index contributed by atoms with van der Waals surface area (Å²) in [4.78, 5) is 27.0. The van der Waals surface area contributed by atoms with Gasteiger partial charge in [0.2, 0.25) is 0 Å². The van der Waals surface area contributed by atoms with Crippen LogP contribution in [0.15, 0.2) is 91.4 Å². The summed E-state index contributed by atoms with van der Waals surface area (Å²) in [5, 5.41) is 0. The van der Waals surface area contributed by atoms with Crippen LogP contribution in [0.25, 0.3) is 0 Å². The first-order valence-electron chi connectivity index (χ1n) is 14.2. The van der Waals surface area contributed by atoms with Crippen molar-refractivity contribution in [1.82, 2.24) is 24.7 Å². The number of alkyl halides is 3. The Morgan fingerprint density at radius 3 is 2.17 bits per heavy atom. The number of carbonyl (C=O) groups excluding carboxylic acids is 1. The van der Waals surface area contributed by atoms with Gasteiger partial charge in [-0.05, 0) is 48.1 Å². The van der Waals surface area contributed by atoms with E-state index >= 15 is 0 Å². The van der Waals surface area contributed by atoms with Crippen molar-refractivity contribution in [3.8, 4) is 0 Å². The van der Waals surface area contributed by atoms with Gasteiger partial charge in [0.25, 0.3) is 0 Å². The zero-order valence-electron chi connectivity index (χ0n) is 23.9. The molecule has 1 fully saturated rings. The molecule has 1 aliphatic rings. The lowest BCUT2D eigenvalue weighted by atomic mass is 9.94. The highest BCUT2D eigenvalue weighted by Crippen LogP contribution is 2.37. The third kappa shape index (κ3) is 6.85. The first-order valence-corrected chi connectivity index (χ1v) is 14.2. The Morgan fingerprint density at radius 1 is 0.976 bits per heavy atom.